The Balaban J connectivity index is 2.52. The Labute approximate surface area is 231 Å². The van der Waals surface area contributed by atoms with Crippen LogP contribution in [0.3, 0.4) is 0 Å². The minimum atomic E-state index is -1.06. The van der Waals surface area contributed by atoms with Gasteiger partial charge in [0.05, 0.1) is 7.11 Å². The first-order chi connectivity index (χ1) is 18.4. The molecule has 0 aliphatic rings. The summed E-state index contributed by atoms with van der Waals surface area (Å²) in [6.45, 7) is 10.5. The van der Waals surface area contributed by atoms with Gasteiger partial charge in [0.2, 0.25) is 11.8 Å². The predicted octanol–water partition coefficient (Wildman–Crippen LogP) is 3.95. The molecule has 9 heteroatoms. The summed E-state index contributed by atoms with van der Waals surface area (Å²) < 4.78 is 10.1. The van der Waals surface area contributed by atoms with E-state index >= 15 is 0 Å². The predicted molar refractivity (Wildman–Crippen MR) is 149 cm³/mol. The van der Waals surface area contributed by atoms with Gasteiger partial charge in [-0.3, -0.25) is 14.4 Å². The zero-order valence-corrected chi connectivity index (χ0v) is 23.9. The summed E-state index contributed by atoms with van der Waals surface area (Å²) in [4.78, 5) is 53.7. The topological polar surface area (TPSA) is 114 Å². The Kier molecular flexibility index (Phi) is 11.5. The standard InChI is InChI=1S/C30H41N3O6/c1-8-21-14-16-23(17-15-21)26(27(35)31-19-25(34)38-7)33(20(2)3)28(36)24(18-22-12-10-9-11-13-22)32-29(37)39-30(4,5)6/h9-17,20,24,26H,8,18-19H2,1-7H3,(H,31,35)(H,32,37). The van der Waals surface area contributed by atoms with Crippen molar-refractivity contribution in [2.45, 2.75) is 78.1 Å². The Morgan fingerprint density at radius 1 is 0.923 bits per heavy atom. The second kappa shape index (κ2) is 14.3. The van der Waals surface area contributed by atoms with Crippen molar-refractivity contribution in [2.24, 2.45) is 0 Å². The number of esters is 1. The van der Waals surface area contributed by atoms with Crippen LogP contribution in [0.5, 0.6) is 0 Å². The average Bonchev–Trinajstić information content (AvgIpc) is 2.88. The van der Waals surface area contributed by atoms with Crippen molar-refractivity contribution in [1.82, 2.24) is 15.5 Å². The fourth-order valence-electron chi connectivity index (χ4n) is 4.06. The molecule has 0 spiro atoms. The van der Waals surface area contributed by atoms with Crippen LogP contribution in [0.1, 0.15) is 64.3 Å². The Morgan fingerprint density at radius 2 is 1.54 bits per heavy atom. The van der Waals surface area contributed by atoms with E-state index in [1.54, 1.807) is 46.8 Å². The number of methoxy groups -OCH3 is 1. The molecular weight excluding hydrogens is 498 g/mol. The van der Waals surface area contributed by atoms with Crippen molar-refractivity contribution in [3.63, 3.8) is 0 Å². The lowest BCUT2D eigenvalue weighted by Crippen LogP contribution is -2.56. The maximum absolute atomic E-state index is 14.2. The van der Waals surface area contributed by atoms with E-state index in [-0.39, 0.29) is 13.0 Å². The summed E-state index contributed by atoms with van der Waals surface area (Å²) in [6.07, 6.45) is 0.262. The summed E-state index contributed by atoms with van der Waals surface area (Å²) in [6, 6.07) is 14.2. The second-order valence-corrected chi connectivity index (χ2v) is 10.5. The minimum absolute atomic E-state index is 0.188. The molecule has 0 saturated heterocycles. The zero-order valence-electron chi connectivity index (χ0n) is 23.9. The Hall–Kier alpha value is -3.88. The SMILES string of the molecule is CCc1ccc(C(C(=O)NCC(=O)OC)N(C(=O)C(Cc2ccccc2)NC(=O)OC(C)(C)C)C(C)C)cc1. The molecule has 2 atom stereocenters. The summed E-state index contributed by atoms with van der Waals surface area (Å²) in [7, 11) is 1.23. The third-order valence-corrected chi connectivity index (χ3v) is 5.95. The lowest BCUT2D eigenvalue weighted by atomic mass is 9.97. The molecule has 0 aliphatic heterocycles. The van der Waals surface area contributed by atoms with E-state index < -0.39 is 47.6 Å². The van der Waals surface area contributed by atoms with Gasteiger partial charge in [-0.1, -0.05) is 61.5 Å². The first-order valence-corrected chi connectivity index (χ1v) is 13.1. The summed E-state index contributed by atoms with van der Waals surface area (Å²) in [5.74, 6) is -1.61. The Morgan fingerprint density at radius 3 is 2.05 bits per heavy atom. The van der Waals surface area contributed by atoms with Gasteiger partial charge in [0, 0.05) is 12.5 Å². The van der Waals surface area contributed by atoms with Crippen LogP contribution in [0.4, 0.5) is 4.79 Å². The molecule has 212 valence electrons. The van der Waals surface area contributed by atoms with Crippen molar-refractivity contribution in [3.8, 4) is 0 Å². The van der Waals surface area contributed by atoms with Crippen LogP contribution < -0.4 is 10.6 Å². The number of alkyl carbamates (subject to hydrolysis) is 1. The molecular formula is C30H41N3O6. The molecule has 2 rings (SSSR count). The van der Waals surface area contributed by atoms with Crippen LogP contribution >= 0.6 is 0 Å². The van der Waals surface area contributed by atoms with E-state index in [1.165, 1.54) is 12.0 Å². The van der Waals surface area contributed by atoms with Gasteiger partial charge < -0.3 is 25.0 Å². The third-order valence-electron chi connectivity index (χ3n) is 5.95. The molecule has 0 aromatic heterocycles. The number of carbonyl (C=O) groups is 4. The van der Waals surface area contributed by atoms with E-state index in [0.717, 1.165) is 17.5 Å². The number of rotatable bonds is 11. The van der Waals surface area contributed by atoms with E-state index in [9.17, 15) is 19.2 Å². The molecule has 0 fully saturated rings. The van der Waals surface area contributed by atoms with Gasteiger partial charge in [-0.2, -0.15) is 0 Å². The number of nitrogens with zero attached hydrogens (tertiary/aromatic N) is 1. The monoisotopic (exact) mass is 539 g/mol. The molecule has 0 heterocycles. The van der Waals surface area contributed by atoms with Gasteiger partial charge in [0.25, 0.3) is 0 Å². The van der Waals surface area contributed by atoms with E-state index in [2.05, 4.69) is 15.4 Å². The largest absolute Gasteiger partial charge is 0.468 e. The molecule has 0 radical (unpaired) electrons. The van der Waals surface area contributed by atoms with Crippen LogP contribution in [0.2, 0.25) is 0 Å². The quantitative estimate of drug-likeness (QED) is 0.418. The molecule has 0 aliphatic carbocycles. The number of carbonyl (C=O) groups excluding carboxylic acids is 4. The minimum Gasteiger partial charge on any atom is -0.468 e. The first-order valence-electron chi connectivity index (χ1n) is 13.1. The number of hydrogen-bond acceptors (Lipinski definition) is 6. The number of amides is 3. The van der Waals surface area contributed by atoms with Gasteiger partial charge in [-0.25, -0.2) is 4.79 Å². The van der Waals surface area contributed by atoms with Crippen LogP contribution in [-0.4, -0.2) is 60.1 Å². The van der Waals surface area contributed by atoms with Gasteiger partial charge in [-0.05, 0) is 57.7 Å². The summed E-state index contributed by atoms with van der Waals surface area (Å²) in [5.41, 5.74) is 1.71. The fourth-order valence-corrected chi connectivity index (χ4v) is 4.06. The normalized spacial score (nSPS) is 12.7. The van der Waals surface area contributed by atoms with Crippen LogP contribution in [-0.2, 0) is 36.7 Å². The maximum atomic E-state index is 14.2. The third kappa shape index (κ3) is 9.74. The van der Waals surface area contributed by atoms with E-state index in [0.29, 0.717) is 5.56 Å². The summed E-state index contributed by atoms with van der Waals surface area (Å²) in [5, 5.41) is 5.31. The van der Waals surface area contributed by atoms with Gasteiger partial charge in [0.1, 0.15) is 24.2 Å². The molecule has 0 saturated carbocycles. The average molecular weight is 540 g/mol. The van der Waals surface area contributed by atoms with E-state index in [4.69, 9.17) is 4.74 Å². The molecule has 39 heavy (non-hydrogen) atoms. The number of aryl methyl sites for hydroxylation is 1. The number of ether oxygens (including phenoxy) is 2. The van der Waals surface area contributed by atoms with Gasteiger partial charge in [0.15, 0.2) is 0 Å². The van der Waals surface area contributed by atoms with Gasteiger partial charge >= 0.3 is 12.1 Å². The smallest absolute Gasteiger partial charge is 0.408 e. The van der Waals surface area contributed by atoms with Crippen molar-refractivity contribution < 1.29 is 28.7 Å². The highest BCUT2D eigenvalue weighted by atomic mass is 16.6. The molecule has 2 aromatic rings. The highest BCUT2D eigenvalue weighted by molar-refractivity contribution is 5.93. The zero-order chi connectivity index (χ0) is 29.2. The molecule has 9 nitrogen and oxygen atoms in total. The van der Waals surface area contributed by atoms with Crippen molar-refractivity contribution >= 4 is 23.9 Å². The molecule has 3 amide bonds. The van der Waals surface area contributed by atoms with Gasteiger partial charge in [-0.15, -0.1) is 0 Å². The van der Waals surface area contributed by atoms with Crippen molar-refractivity contribution in [2.75, 3.05) is 13.7 Å². The molecule has 2 N–H and O–H groups in total. The van der Waals surface area contributed by atoms with Crippen molar-refractivity contribution in [3.05, 3.63) is 71.3 Å². The van der Waals surface area contributed by atoms with E-state index in [1.807, 2.05) is 49.4 Å². The highest BCUT2D eigenvalue weighted by Crippen LogP contribution is 2.26. The van der Waals surface area contributed by atoms with Crippen molar-refractivity contribution in [1.29, 1.82) is 0 Å². The number of benzene rings is 2. The molecule has 0 bridgehead atoms. The lowest BCUT2D eigenvalue weighted by Gasteiger charge is -2.37. The maximum Gasteiger partial charge on any atom is 0.408 e. The van der Waals surface area contributed by atoms with Crippen LogP contribution in [0.25, 0.3) is 0 Å². The van der Waals surface area contributed by atoms with Crippen LogP contribution in [0, 0.1) is 0 Å². The molecule has 2 unspecified atom stereocenters. The second-order valence-electron chi connectivity index (χ2n) is 10.5. The van der Waals surface area contributed by atoms with Crippen LogP contribution in [0.15, 0.2) is 54.6 Å². The molecule has 2 aromatic carbocycles. The summed E-state index contributed by atoms with van der Waals surface area (Å²) >= 11 is 0. The highest BCUT2D eigenvalue weighted by Gasteiger charge is 2.38. The number of hydrogen-bond donors (Lipinski definition) is 2. The number of nitrogens with one attached hydrogen (secondary N) is 2. The lowest BCUT2D eigenvalue weighted by molar-refractivity contribution is -0.146. The fraction of sp³-hybridized carbons (Fsp3) is 0.467. The first kappa shape index (κ1) is 31.3. The Bertz CT molecular complexity index is 1110.